The van der Waals surface area contributed by atoms with Crippen LogP contribution in [0.3, 0.4) is 0 Å². The number of benzene rings is 2. The third kappa shape index (κ3) is 2.31. The number of pyridine rings is 1. The number of carbonyl (C=O) groups excluding carboxylic acids is 1. The van der Waals surface area contributed by atoms with Crippen molar-refractivity contribution in [2.24, 2.45) is 0 Å². The van der Waals surface area contributed by atoms with E-state index in [1.807, 2.05) is 24.3 Å². The molecule has 0 aliphatic rings. The summed E-state index contributed by atoms with van der Waals surface area (Å²) < 4.78 is 0. The van der Waals surface area contributed by atoms with Gasteiger partial charge < -0.3 is 11.1 Å². The molecule has 98 valence electrons. The Morgan fingerprint density at radius 2 is 1.95 bits per heavy atom. The number of anilines is 2. The lowest BCUT2D eigenvalue weighted by Crippen LogP contribution is -2.12. The summed E-state index contributed by atoms with van der Waals surface area (Å²) in [7, 11) is 0. The average Bonchev–Trinajstić information content (AvgIpc) is 2.47. The topological polar surface area (TPSA) is 68.0 Å². The predicted molar refractivity (Wildman–Crippen MR) is 80.6 cm³/mol. The Labute approximate surface area is 116 Å². The Morgan fingerprint density at radius 3 is 2.80 bits per heavy atom. The van der Waals surface area contributed by atoms with Crippen LogP contribution in [-0.2, 0) is 0 Å². The van der Waals surface area contributed by atoms with Crippen LogP contribution in [0.2, 0.25) is 0 Å². The number of hydrogen-bond donors (Lipinski definition) is 2. The SMILES string of the molecule is Nc1cccc(C(=O)Nc2cccc3cnccc23)c1. The fraction of sp³-hybridized carbons (Fsp3) is 0. The van der Waals surface area contributed by atoms with E-state index in [-0.39, 0.29) is 5.91 Å². The fourth-order valence-corrected chi connectivity index (χ4v) is 2.11. The number of amides is 1. The van der Waals surface area contributed by atoms with Crippen LogP contribution in [0.25, 0.3) is 10.8 Å². The molecule has 1 heterocycles. The molecule has 4 heteroatoms. The van der Waals surface area contributed by atoms with Crippen molar-refractivity contribution in [1.29, 1.82) is 0 Å². The van der Waals surface area contributed by atoms with E-state index in [0.29, 0.717) is 11.3 Å². The number of rotatable bonds is 2. The first-order chi connectivity index (χ1) is 9.74. The van der Waals surface area contributed by atoms with Gasteiger partial charge in [0, 0.05) is 40.1 Å². The number of nitrogens with one attached hydrogen (secondary N) is 1. The fourth-order valence-electron chi connectivity index (χ4n) is 2.11. The molecule has 4 nitrogen and oxygen atoms in total. The third-order valence-electron chi connectivity index (χ3n) is 3.08. The standard InChI is InChI=1S/C16H13N3O/c17-13-5-1-3-11(9-13)16(20)19-15-6-2-4-12-10-18-8-7-14(12)15/h1-10H,17H2,(H,19,20). The molecule has 0 unspecified atom stereocenters. The highest BCUT2D eigenvalue weighted by atomic mass is 16.1. The quantitative estimate of drug-likeness (QED) is 0.698. The molecule has 0 aliphatic heterocycles. The van der Waals surface area contributed by atoms with E-state index >= 15 is 0 Å². The highest BCUT2D eigenvalue weighted by Gasteiger charge is 2.08. The first-order valence-electron chi connectivity index (χ1n) is 6.24. The highest BCUT2D eigenvalue weighted by molar-refractivity contribution is 6.09. The molecule has 3 rings (SSSR count). The van der Waals surface area contributed by atoms with Gasteiger partial charge in [-0.05, 0) is 30.3 Å². The minimum absolute atomic E-state index is 0.179. The van der Waals surface area contributed by atoms with Gasteiger partial charge in [-0.1, -0.05) is 18.2 Å². The van der Waals surface area contributed by atoms with E-state index < -0.39 is 0 Å². The van der Waals surface area contributed by atoms with Gasteiger partial charge in [-0.25, -0.2) is 0 Å². The van der Waals surface area contributed by atoms with E-state index in [4.69, 9.17) is 5.73 Å². The Morgan fingerprint density at radius 1 is 1.10 bits per heavy atom. The van der Waals surface area contributed by atoms with Gasteiger partial charge in [-0.15, -0.1) is 0 Å². The normalized spacial score (nSPS) is 10.4. The van der Waals surface area contributed by atoms with E-state index in [1.165, 1.54) is 0 Å². The second-order valence-corrected chi connectivity index (χ2v) is 4.48. The van der Waals surface area contributed by atoms with Gasteiger partial charge in [-0.3, -0.25) is 9.78 Å². The second-order valence-electron chi connectivity index (χ2n) is 4.48. The van der Waals surface area contributed by atoms with Gasteiger partial charge in [0.15, 0.2) is 0 Å². The van der Waals surface area contributed by atoms with Gasteiger partial charge >= 0.3 is 0 Å². The zero-order valence-electron chi connectivity index (χ0n) is 10.7. The number of nitrogens with zero attached hydrogens (tertiary/aromatic N) is 1. The summed E-state index contributed by atoms with van der Waals surface area (Å²) in [6.45, 7) is 0. The molecule has 0 fully saturated rings. The molecule has 0 saturated heterocycles. The summed E-state index contributed by atoms with van der Waals surface area (Å²) in [5, 5.41) is 4.85. The Balaban J connectivity index is 1.95. The summed E-state index contributed by atoms with van der Waals surface area (Å²) in [4.78, 5) is 16.3. The predicted octanol–water partition coefficient (Wildman–Crippen LogP) is 3.07. The van der Waals surface area contributed by atoms with Gasteiger partial charge in [0.2, 0.25) is 0 Å². The van der Waals surface area contributed by atoms with Crippen molar-refractivity contribution in [3.05, 3.63) is 66.5 Å². The summed E-state index contributed by atoms with van der Waals surface area (Å²) in [6.07, 6.45) is 3.48. The molecule has 3 N–H and O–H groups in total. The number of nitrogens with two attached hydrogens (primary N) is 1. The van der Waals surface area contributed by atoms with Crippen LogP contribution in [0.15, 0.2) is 60.9 Å². The van der Waals surface area contributed by atoms with Gasteiger partial charge in [-0.2, -0.15) is 0 Å². The first kappa shape index (κ1) is 12.2. The van der Waals surface area contributed by atoms with Crippen molar-refractivity contribution in [3.8, 4) is 0 Å². The largest absolute Gasteiger partial charge is 0.399 e. The maximum Gasteiger partial charge on any atom is 0.255 e. The zero-order valence-corrected chi connectivity index (χ0v) is 10.7. The molecule has 0 saturated carbocycles. The molecule has 1 amide bonds. The Kier molecular flexibility index (Phi) is 3.05. The number of hydrogen-bond acceptors (Lipinski definition) is 3. The molecule has 20 heavy (non-hydrogen) atoms. The molecule has 3 aromatic rings. The minimum atomic E-state index is -0.179. The molecule has 1 aromatic heterocycles. The monoisotopic (exact) mass is 263 g/mol. The zero-order chi connectivity index (χ0) is 13.9. The summed E-state index contributed by atoms with van der Waals surface area (Å²) in [6, 6.07) is 14.5. The Bertz CT molecular complexity index is 778. The highest BCUT2D eigenvalue weighted by Crippen LogP contribution is 2.22. The molecule has 0 aliphatic carbocycles. The van der Waals surface area contributed by atoms with Crippen LogP contribution in [-0.4, -0.2) is 10.9 Å². The van der Waals surface area contributed by atoms with Crippen LogP contribution in [0.5, 0.6) is 0 Å². The maximum atomic E-state index is 12.2. The molecule has 0 bridgehead atoms. The van der Waals surface area contributed by atoms with E-state index in [2.05, 4.69) is 10.3 Å². The lowest BCUT2D eigenvalue weighted by atomic mass is 10.1. The van der Waals surface area contributed by atoms with Gasteiger partial charge in [0.1, 0.15) is 0 Å². The van der Waals surface area contributed by atoms with Crippen LogP contribution in [0.4, 0.5) is 11.4 Å². The van der Waals surface area contributed by atoms with Crippen LogP contribution < -0.4 is 11.1 Å². The van der Waals surface area contributed by atoms with E-state index in [0.717, 1.165) is 16.5 Å². The molecule has 0 radical (unpaired) electrons. The van der Waals surface area contributed by atoms with Crippen molar-refractivity contribution in [2.75, 3.05) is 11.1 Å². The number of nitrogen functional groups attached to an aromatic ring is 1. The van der Waals surface area contributed by atoms with Crippen LogP contribution in [0.1, 0.15) is 10.4 Å². The first-order valence-corrected chi connectivity index (χ1v) is 6.24. The van der Waals surface area contributed by atoms with E-state index in [9.17, 15) is 4.79 Å². The summed E-state index contributed by atoms with van der Waals surface area (Å²) >= 11 is 0. The number of carbonyl (C=O) groups is 1. The third-order valence-corrected chi connectivity index (χ3v) is 3.08. The van der Waals surface area contributed by atoms with Crippen molar-refractivity contribution >= 4 is 28.1 Å². The molecule has 0 atom stereocenters. The Hall–Kier alpha value is -2.88. The summed E-state index contributed by atoms with van der Waals surface area (Å²) in [5.74, 6) is -0.179. The van der Waals surface area contributed by atoms with E-state index in [1.54, 1.807) is 36.7 Å². The summed E-state index contributed by atoms with van der Waals surface area (Å²) in [5.41, 5.74) is 7.56. The molecule has 2 aromatic carbocycles. The smallest absolute Gasteiger partial charge is 0.255 e. The van der Waals surface area contributed by atoms with Crippen molar-refractivity contribution in [1.82, 2.24) is 4.98 Å². The number of aromatic nitrogens is 1. The molecule has 0 spiro atoms. The minimum Gasteiger partial charge on any atom is -0.399 e. The van der Waals surface area contributed by atoms with Crippen molar-refractivity contribution in [3.63, 3.8) is 0 Å². The second kappa shape index (κ2) is 5.01. The lowest BCUT2D eigenvalue weighted by Gasteiger charge is -2.08. The van der Waals surface area contributed by atoms with Gasteiger partial charge in [0.25, 0.3) is 5.91 Å². The van der Waals surface area contributed by atoms with Gasteiger partial charge in [0.05, 0.1) is 0 Å². The average molecular weight is 263 g/mol. The van der Waals surface area contributed by atoms with Crippen molar-refractivity contribution in [2.45, 2.75) is 0 Å². The van der Waals surface area contributed by atoms with Crippen LogP contribution >= 0.6 is 0 Å². The van der Waals surface area contributed by atoms with Crippen molar-refractivity contribution < 1.29 is 4.79 Å². The lowest BCUT2D eigenvalue weighted by molar-refractivity contribution is 0.102. The molecular formula is C16H13N3O. The number of fused-ring (bicyclic) bond motifs is 1. The van der Waals surface area contributed by atoms with Crippen LogP contribution in [0, 0.1) is 0 Å². The molecular weight excluding hydrogens is 250 g/mol. The maximum absolute atomic E-state index is 12.2.